The lowest BCUT2D eigenvalue weighted by Gasteiger charge is -2.57. The Morgan fingerprint density at radius 2 is 1.88 bits per heavy atom. The molecule has 0 radical (unpaired) electrons. The summed E-state index contributed by atoms with van der Waals surface area (Å²) in [5.74, 6) is 0.119. The number of carbonyl (C=O) groups excluding carboxylic acids is 1. The molecule has 4 aliphatic carbocycles. The number of allylic oxidation sites excluding steroid dienone is 1. The largest absolute Gasteiger partial charge is 0.490 e. The number of carbonyl (C=O) groups is 1. The number of hydrogen-bond donors (Lipinski definition) is 0. The molecule has 0 amide bonds. The molecule has 2 nitrogen and oxygen atoms in total. The van der Waals surface area contributed by atoms with Crippen molar-refractivity contribution >= 4 is 5.97 Å². The first-order chi connectivity index (χ1) is 12.1. The van der Waals surface area contributed by atoms with Gasteiger partial charge in [0.1, 0.15) is 6.10 Å². The lowest BCUT2D eigenvalue weighted by molar-refractivity contribution is -0.206. The topological polar surface area (TPSA) is 26.3 Å². The monoisotopic (exact) mass is 370 g/mol. The molecule has 6 atom stereocenters. The molecule has 0 N–H and O–H groups in total. The van der Waals surface area contributed by atoms with Gasteiger partial charge in [-0.2, -0.15) is 13.2 Å². The zero-order chi connectivity index (χ0) is 18.7. The van der Waals surface area contributed by atoms with Crippen molar-refractivity contribution in [3.8, 4) is 0 Å². The van der Waals surface area contributed by atoms with Crippen LogP contribution in [0.1, 0.15) is 71.6 Å². The van der Waals surface area contributed by atoms with Crippen LogP contribution in [0.15, 0.2) is 11.6 Å². The summed E-state index contributed by atoms with van der Waals surface area (Å²) in [6.07, 6.45) is 6.22. The van der Waals surface area contributed by atoms with Crippen LogP contribution in [0, 0.1) is 28.6 Å². The van der Waals surface area contributed by atoms with Gasteiger partial charge in [0.2, 0.25) is 0 Å². The van der Waals surface area contributed by atoms with Crippen molar-refractivity contribution in [3.63, 3.8) is 0 Å². The molecule has 26 heavy (non-hydrogen) atoms. The van der Waals surface area contributed by atoms with Gasteiger partial charge in [-0.05, 0) is 73.5 Å². The molecule has 4 rings (SSSR count). The third-order valence-corrected chi connectivity index (χ3v) is 8.35. The van der Waals surface area contributed by atoms with Crippen molar-refractivity contribution < 1.29 is 22.7 Å². The summed E-state index contributed by atoms with van der Waals surface area (Å²) in [7, 11) is 0. The molecule has 0 aromatic carbocycles. The summed E-state index contributed by atoms with van der Waals surface area (Å²) < 4.78 is 42.3. The van der Waals surface area contributed by atoms with Gasteiger partial charge in [-0.3, -0.25) is 0 Å². The quantitative estimate of drug-likeness (QED) is 0.430. The molecule has 4 aliphatic rings. The molecule has 146 valence electrons. The van der Waals surface area contributed by atoms with Crippen LogP contribution < -0.4 is 0 Å². The Balaban J connectivity index is 1.51. The Kier molecular flexibility index (Phi) is 4.24. The number of hydrogen-bond acceptors (Lipinski definition) is 2. The highest BCUT2D eigenvalue weighted by Gasteiger charge is 2.56. The Labute approximate surface area is 153 Å². The summed E-state index contributed by atoms with van der Waals surface area (Å²) in [5.41, 5.74) is 1.82. The average Bonchev–Trinajstić information content (AvgIpc) is 2.96. The van der Waals surface area contributed by atoms with Crippen molar-refractivity contribution in [1.29, 1.82) is 0 Å². The van der Waals surface area contributed by atoms with E-state index in [4.69, 9.17) is 4.74 Å². The molecule has 0 aliphatic heterocycles. The Bertz CT molecular complexity index is 625. The standard InChI is InChI=1S/C21H29F3O2/c1-19-9-3-4-16(19)15-6-5-13-12-14(26-18(25)21(22,23)24)7-11-20(13,2)17(15)8-10-19/h5,14-17H,3-4,6-12H2,1-2H3/t14-,15+,16+,17+,19-,20-/m0/s1. The molecule has 0 heterocycles. The van der Waals surface area contributed by atoms with Gasteiger partial charge in [-0.1, -0.05) is 31.9 Å². The van der Waals surface area contributed by atoms with Crippen LogP contribution in [0.2, 0.25) is 0 Å². The Hall–Kier alpha value is -1.00. The van der Waals surface area contributed by atoms with Crippen molar-refractivity contribution in [2.75, 3.05) is 0 Å². The number of rotatable bonds is 1. The third kappa shape index (κ3) is 2.80. The maximum Gasteiger partial charge on any atom is 0.490 e. The molecule has 0 unspecified atom stereocenters. The molecule has 0 spiro atoms. The van der Waals surface area contributed by atoms with E-state index in [1.165, 1.54) is 37.7 Å². The van der Waals surface area contributed by atoms with Crippen LogP contribution >= 0.6 is 0 Å². The van der Waals surface area contributed by atoms with E-state index in [2.05, 4.69) is 19.9 Å². The number of alkyl halides is 3. The van der Waals surface area contributed by atoms with Gasteiger partial charge < -0.3 is 4.74 Å². The first-order valence-electron chi connectivity index (χ1n) is 10.1. The second kappa shape index (κ2) is 6.00. The minimum absolute atomic E-state index is 0.0774. The fourth-order valence-corrected chi connectivity index (χ4v) is 6.94. The molecule has 3 fully saturated rings. The van der Waals surface area contributed by atoms with Gasteiger partial charge in [0, 0.05) is 6.42 Å². The van der Waals surface area contributed by atoms with Crippen LogP contribution in [0.5, 0.6) is 0 Å². The highest BCUT2D eigenvalue weighted by molar-refractivity contribution is 5.75. The van der Waals surface area contributed by atoms with E-state index in [1.807, 2.05) is 0 Å². The highest BCUT2D eigenvalue weighted by Crippen LogP contribution is 2.64. The van der Waals surface area contributed by atoms with E-state index >= 15 is 0 Å². The first-order valence-corrected chi connectivity index (χ1v) is 10.1. The fourth-order valence-electron chi connectivity index (χ4n) is 6.94. The van der Waals surface area contributed by atoms with Crippen molar-refractivity contribution in [2.24, 2.45) is 28.6 Å². The van der Waals surface area contributed by atoms with Crippen LogP contribution in [-0.4, -0.2) is 18.2 Å². The molecule has 0 saturated heterocycles. The molecule has 0 aromatic rings. The third-order valence-electron chi connectivity index (χ3n) is 8.35. The summed E-state index contributed by atoms with van der Waals surface area (Å²) in [6.45, 7) is 4.78. The normalized spacial score (nSPS) is 45.2. The van der Waals surface area contributed by atoms with Gasteiger partial charge >= 0.3 is 12.1 Å². The first kappa shape index (κ1) is 18.4. The van der Waals surface area contributed by atoms with E-state index in [-0.39, 0.29) is 5.41 Å². The fraction of sp³-hybridized carbons (Fsp3) is 0.857. The van der Waals surface area contributed by atoms with Gasteiger partial charge in [0.25, 0.3) is 0 Å². The second-order valence-corrected chi connectivity index (χ2v) is 9.61. The minimum Gasteiger partial charge on any atom is -0.455 e. The van der Waals surface area contributed by atoms with E-state index in [0.717, 1.165) is 24.7 Å². The van der Waals surface area contributed by atoms with E-state index < -0.39 is 18.2 Å². The van der Waals surface area contributed by atoms with Crippen molar-refractivity contribution in [1.82, 2.24) is 0 Å². The summed E-state index contributed by atoms with van der Waals surface area (Å²) in [5, 5.41) is 0. The maximum absolute atomic E-state index is 12.5. The summed E-state index contributed by atoms with van der Waals surface area (Å²) in [4.78, 5) is 11.2. The van der Waals surface area contributed by atoms with Crippen LogP contribution in [0.25, 0.3) is 0 Å². The molecular weight excluding hydrogens is 341 g/mol. The molecule has 5 heteroatoms. The van der Waals surface area contributed by atoms with Crippen LogP contribution in [-0.2, 0) is 9.53 Å². The Morgan fingerprint density at radius 3 is 2.62 bits per heavy atom. The number of fused-ring (bicyclic) bond motifs is 5. The van der Waals surface area contributed by atoms with E-state index in [9.17, 15) is 18.0 Å². The van der Waals surface area contributed by atoms with Gasteiger partial charge in [0.05, 0.1) is 0 Å². The molecule has 0 aromatic heterocycles. The summed E-state index contributed by atoms with van der Waals surface area (Å²) in [6, 6.07) is 0. The van der Waals surface area contributed by atoms with Gasteiger partial charge in [0.15, 0.2) is 0 Å². The van der Waals surface area contributed by atoms with Crippen LogP contribution in [0.3, 0.4) is 0 Å². The van der Waals surface area contributed by atoms with E-state index in [0.29, 0.717) is 24.2 Å². The zero-order valence-electron chi connectivity index (χ0n) is 15.7. The van der Waals surface area contributed by atoms with Crippen molar-refractivity contribution in [3.05, 3.63) is 11.6 Å². The van der Waals surface area contributed by atoms with Crippen LogP contribution in [0.4, 0.5) is 13.2 Å². The highest BCUT2D eigenvalue weighted by atomic mass is 19.4. The van der Waals surface area contributed by atoms with Crippen molar-refractivity contribution in [2.45, 2.75) is 83.9 Å². The second-order valence-electron chi connectivity index (χ2n) is 9.61. The predicted molar refractivity (Wildman–Crippen MR) is 92.3 cm³/mol. The van der Waals surface area contributed by atoms with Gasteiger partial charge in [-0.25, -0.2) is 4.79 Å². The van der Waals surface area contributed by atoms with Gasteiger partial charge in [-0.15, -0.1) is 0 Å². The zero-order valence-corrected chi connectivity index (χ0v) is 15.7. The lowest BCUT2D eigenvalue weighted by atomic mass is 9.48. The number of ether oxygens (including phenoxy) is 1. The maximum atomic E-state index is 12.5. The molecular formula is C21H29F3O2. The lowest BCUT2D eigenvalue weighted by Crippen LogP contribution is -2.49. The Morgan fingerprint density at radius 1 is 1.12 bits per heavy atom. The minimum atomic E-state index is -4.90. The van der Waals surface area contributed by atoms with E-state index in [1.54, 1.807) is 0 Å². The molecule has 0 bridgehead atoms. The smallest absolute Gasteiger partial charge is 0.455 e. The predicted octanol–water partition coefficient (Wildman–Crippen LogP) is 5.81. The molecule has 3 saturated carbocycles. The average molecular weight is 370 g/mol. The number of halogens is 3. The number of esters is 1. The summed E-state index contributed by atoms with van der Waals surface area (Å²) >= 11 is 0. The SMILES string of the molecule is C[C@@]12CCC[C@@H]1[C@H]1CC=C3C[C@@H](OC(=O)C(F)(F)F)CC[C@]3(C)[C@@H]1CC2.